The molecule has 18 heavy (non-hydrogen) atoms. The third-order valence-corrected chi connectivity index (χ3v) is 3.73. The van der Waals surface area contributed by atoms with Crippen LogP contribution in [0.25, 0.3) is 0 Å². The Kier molecular flexibility index (Phi) is 6.08. The van der Waals surface area contributed by atoms with Crippen molar-refractivity contribution in [2.75, 3.05) is 6.54 Å². The van der Waals surface area contributed by atoms with E-state index in [0.717, 1.165) is 6.42 Å². The lowest BCUT2D eigenvalue weighted by Gasteiger charge is -2.27. The molecule has 0 radical (unpaired) electrons. The van der Waals surface area contributed by atoms with E-state index in [1.54, 1.807) is 0 Å². The van der Waals surface area contributed by atoms with E-state index in [1.807, 2.05) is 6.92 Å². The van der Waals surface area contributed by atoms with Crippen molar-refractivity contribution in [3.8, 4) is 0 Å². The maximum absolute atomic E-state index is 10.3. The summed E-state index contributed by atoms with van der Waals surface area (Å²) in [6.07, 6.45) is 0.819. The smallest absolute Gasteiger partial charge is 0.0746 e. The third-order valence-electron chi connectivity index (χ3n) is 3.01. The minimum absolute atomic E-state index is 0.264. The normalized spacial score (nSPS) is 16.6. The van der Waals surface area contributed by atoms with E-state index < -0.39 is 5.60 Å². The van der Waals surface area contributed by atoms with Crippen molar-refractivity contribution < 1.29 is 5.11 Å². The molecule has 0 aliphatic carbocycles. The summed E-state index contributed by atoms with van der Waals surface area (Å²) < 4.78 is 1.25. The Hall–Kier alpha value is -0.130. The SMILES string of the molecule is CC(C)CC(C)(O)CNC(C)c1ccc(I)cc1. The van der Waals surface area contributed by atoms with Crippen LogP contribution in [0.5, 0.6) is 0 Å². The Morgan fingerprint density at radius 1 is 1.22 bits per heavy atom. The molecule has 1 aromatic carbocycles. The molecule has 2 nitrogen and oxygen atoms in total. The summed E-state index contributed by atoms with van der Waals surface area (Å²) in [6, 6.07) is 8.76. The average Bonchev–Trinajstić information content (AvgIpc) is 2.25. The molecule has 0 aliphatic heterocycles. The van der Waals surface area contributed by atoms with Crippen LogP contribution in [0, 0.1) is 9.49 Å². The summed E-state index contributed by atoms with van der Waals surface area (Å²) in [5.41, 5.74) is 0.627. The minimum atomic E-state index is -0.633. The molecule has 2 N–H and O–H groups in total. The van der Waals surface area contributed by atoms with Gasteiger partial charge in [-0.1, -0.05) is 26.0 Å². The van der Waals surface area contributed by atoms with Crippen LogP contribution in [0.1, 0.15) is 45.7 Å². The van der Waals surface area contributed by atoms with E-state index in [-0.39, 0.29) is 6.04 Å². The van der Waals surface area contributed by atoms with E-state index in [2.05, 4.69) is 72.9 Å². The van der Waals surface area contributed by atoms with Gasteiger partial charge in [0.2, 0.25) is 0 Å². The van der Waals surface area contributed by atoms with Gasteiger partial charge in [-0.3, -0.25) is 0 Å². The van der Waals surface area contributed by atoms with Crippen LogP contribution < -0.4 is 5.32 Å². The van der Waals surface area contributed by atoms with Crippen molar-refractivity contribution >= 4 is 22.6 Å². The van der Waals surface area contributed by atoms with Crippen LogP contribution >= 0.6 is 22.6 Å². The first kappa shape index (κ1) is 15.9. The van der Waals surface area contributed by atoms with Crippen LogP contribution in [0.15, 0.2) is 24.3 Å². The van der Waals surface area contributed by atoms with Crippen LogP contribution in [-0.2, 0) is 0 Å². The molecule has 1 aromatic rings. The van der Waals surface area contributed by atoms with Crippen molar-refractivity contribution in [3.05, 3.63) is 33.4 Å². The van der Waals surface area contributed by atoms with Gasteiger partial charge < -0.3 is 10.4 Å². The van der Waals surface area contributed by atoms with Gasteiger partial charge in [0.1, 0.15) is 0 Å². The first-order chi connectivity index (χ1) is 8.30. The number of aliphatic hydroxyl groups is 1. The van der Waals surface area contributed by atoms with Gasteiger partial charge in [0, 0.05) is 16.2 Å². The lowest BCUT2D eigenvalue weighted by molar-refractivity contribution is 0.0363. The van der Waals surface area contributed by atoms with E-state index >= 15 is 0 Å². The van der Waals surface area contributed by atoms with Crippen molar-refractivity contribution in [3.63, 3.8) is 0 Å². The van der Waals surface area contributed by atoms with Gasteiger partial charge >= 0.3 is 0 Å². The Bertz CT molecular complexity index is 359. The van der Waals surface area contributed by atoms with Crippen molar-refractivity contribution in [1.82, 2.24) is 5.32 Å². The molecule has 0 saturated carbocycles. The Balaban J connectivity index is 2.50. The molecule has 0 aliphatic rings. The zero-order valence-electron chi connectivity index (χ0n) is 11.7. The zero-order valence-corrected chi connectivity index (χ0v) is 13.9. The lowest BCUT2D eigenvalue weighted by atomic mass is 9.94. The van der Waals surface area contributed by atoms with E-state index in [4.69, 9.17) is 0 Å². The summed E-state index contributed by atoms with van der Waals surface area (Å²) in [7, 11) is 0. The molecule has 0 spiro atoms. The molecule has 0 fully saturated rings. The van der Waals surface area contributed by atoms with Crippen LogP contribution in [0.4, 0.5) is 0 Å². The highest BCUT2D eigenvalue weighted by Gasteiger charge is 2.22. The maximum atomic E-state index is 10.3. The molecule has 0 heterocycles. The predicted octanol–water partition coefficient (Wildman–Crippen LogP) is 3.74. The number of benzene rings is 1. The van der Waals surface area contributed by atoms with Crippen LogP contribution in [-0.4, -0.2) is 17.3 Å². The highest BCUT2D eigenvalue weighted by molar-refractivity contribution is 14.1. The summed E-state index contributed by atoms with van der Waals surface area (Å²) >= 11 is 2.31. The second kappa shape index (κ2) is 6.87. The summed E-state index contributed by atoms with van der Waals surface area (Å²) in [5, 5.41) is 13.7. The molecular weight excluding hydrogens is 337 g/mol. The highest BCUT2D eigenvalue weighted by atomic mass is 127. The molecule has 0 bridgehead atoms. The quantitative estimate of drug-likeness (QED) is 0.757. The van der Waals surface area contributed by atoms with Gasteiger partial charge in [0.15, 0.2) is 0 Å². The van der Waals surface area contributed by atoms with Crippen molar-refractivity contribution in [2.24, 2.45) is 5.92 Å². The zero-order chi connectivity index (χ0) is 13.8. The van der Waals surface area contributed by atoms with Crippen molar-refractivity contribution in [2.45, 2.75) is 45.8 Å². The van der Waals surface area contributed by atoms with Gasteiger partial charge in [0.25, 0.3) is 0 Å². The second-order valence-electron chi connectivity index (χ2n) is 5.75. The Morgan fingerprint density at radius 3 is 2.28 bits per heavy atom. The minimum Gasteiger partial charge on any atom is -0.389 e. The topological polar surface area (TPSA) is 32.3 Å². The second-order valence-corrected chi connectivity index (χ2v) is 6.99. The summed E-state index contributed by atoms with van der Waals surface area (Å²) in [5.74, 6) is 0.510. The number of rotatable bonds is 6. The Labute approximate surface area is 124 Å². The number of nitrogens with one attached hydrogen (secondary N) is 1. The number of halogens is 1. The highest BCUT2D eigenvalue weighted by Crippen LogP contribution is 2.18. The van der Waals surface area contributed by atoms with Crippen LogP contribution in [0.3, 0.4) is 0 Å². The Morgan fingerprint density at radius 2 is 1.78 bits per heavy atom. The molecule has 0 amide bonds. The van der Waals surface area contributed by atoms with E-state index in [1.165, 1.54) is 9.13 Å². The molecule has 2 atom stereocenters. The van der Waals surface area contributed by atoms with Gasteiger partial charge in [-0.15, -0.1) is 0 Å². The van der Waals surface area contributed by atoms with Crippen molar-refractivity contribution in [1.29, 1.82) is 0 Å². The van der Waals surface area contributed by atoms with Gasteiger partial charge in [-0.25, -0.2) is 0 Å². The van der Waals surface area contributed by atoms with Crippen LogP contribution in [0.2, 0.25) is 0 Å². The van der Waals surface area contributed by atoms with E-state index in [9.17, 15) is 5.11 Å². The van der Waals surface area contributed by atoms with Gasteiger partial charge in [0.05, 0.1) is 5.60 Å². The molecule has 3 heteroatoms. The summed E-state index contributed by atoms with van der Waals surface area (Å²) in [6.45, 7) is 8.93. The molecular formula is C15H24INO. The third kappa shape index (κ3) is 5.67. The van der Waals surface area contributed by atoms with Gasteiger partial charge in [-0.05, 0) is 66.5 Å². The first-order valence-electron chi connectivity index (χ1n) is 6.51. The fourth-order valence-corrected chi connectivity index (χ4v) is 2.55. The largest absolute Gasteiger partial charge is 0.389 e. The lowest BCUT2D eigenvalue weighted by Crippen LogP contribution is -2.39. The van der Waals surface area contributed by atoms with E-state index in [0.29, 0.717) is 12.5 Å². The first-order valence-corrected chi connectivity index (χ1v) is 7.59. The fraction of sp³-hybridized carbons (Fsp3) is 0.600. The predicted molar refractivity (Wildman–Crippen MR) is 85.7 cm³/mol. The van der Waals surface area contributed by atoms with Gasteiger partial charge in [-0.2, -0.15) is 0 Å². The molecule has 0 aromatic heterocycles. The maximum Gasteiger partial charge on any atom is 0.0746 e. The summed E-state index contributed by atoms with van der Waals surface area (Å²) in [4.78, 5) is 0. The molecule has 0 saturated heterocycles. The molecule has 102 valence electrons. The monoisotopic (exact) mass is 361 g/mol. The average molecular weight is 361 g/mol. The number of hydrogen-bond acceptors (Lipinski definition) is 2. The molecule has 1 rings (SSSR count). The standard InChI is InChI=1S/C15H24INO/c1-11(2)9-15(4,18)10-17-12(3)13-5-7-14(16)8-6-13/h5-8,11-12,17-18H,9-10H2,1-4H3. The number of hydrogen-bond donors (Lipinski definition) is 2. The fourth-order valence-electron chi connectivity index (χ4n) is 2.19. The molecule has 2 unspecified atom stereocenters.